The number of anilines is 1. The third kappa shape index (κ3) is 2.67. The number of aromatic nitrogens is 2. The summed E-state index contributed by atoms with van der Waals surface area (Å²) in [5.74, 6) is -4.46. The molecule has 0 saturated carbocycles. The maximum Gasteiger partial charge on any atom is 0.354 e. The van der Waals surface area contributed by atoms with E-state index >= 15 is 0 Å². The number of amides is 1. The van der Waals surface area contributed by atoms with Crippen LogP contribution in [-0.4, -0.2) is 27.0 Å². The monoisotopic (exact) mass is 345 g/mol. The van der Waals surface area contributed by atoms with E-state index in [1.54, 1.807) is 0 Å². The molecule has 9 heteroatoms. The fraction of sp³-hybridized carbons (Fsp3) is 0. The van der Waals surface area contributed by atoms with Crippen LogP contribution in [0.4, 0.5) is 14.5 Å². The Hall–Kier alpha value is -2.29. The number of halogens is 3. The van der Waals surface area contributed by atoms with Gasteiger partial charge >= 0.3 is 5.97 Å². The van der Waals surface area contributed by atoms with Crippen molar-refractivity contribution in [2.75, 3.05) is 5.32 Å². The summed E-state index contributed by atoms with van der Waals surface area (Å²) in [7, 11) is 0. The summed E-state index contributed by atoms with van der Waals surface area (Å²) in [6.45, 7) is 0. The molecule has 2 aromatic rings. The molecule has 1 aromatic carbocycles. The van der Waals surface area contributed by atoms with Gasteiger partial charge in [-0.05, 0) is 12.1 Å². The molecular formula is C11H6BrF2N3O3. The molecule has 0 aliphatic rings. The summed E-state index contributed by atoms with van der Waals surface area (Å²) >= 11 is 2.89. The van der Waals surface area contributed by atoms with Crippen LogP contribution in [-0.2, 0) is 0 Å². The van der Waals surface area contributed by atoms with Gasteiger partial charge in [-0.3, -0.25) is 4.79 Å². The van der Waals surface area contributed by atoms with Crippen molar-refractivity contribution in [3.8, 4) is 0 Å². The van der Waals surface area contributed by atoms with E-state index in [1.807, 2.05) is 5.32 Å². The maximum absolute atomic E-state index is 13.5. The summed E-state index contributed by atoms with van der Waals surface area (Å²) in [6, 6.07) is 1.92. The smallest absolute Gasteiger partial charge is 0.354 e. The van der Waals surface area contributed by atoms with Crippen LogP contribution in [0.3, 0.4) is 0 Å². The molecule has 0 unspecified atom stereocenters. The number of aromatic amines is 1. The molecule has 0 fully saturated rings. The lowest BCUT2D eigenvalue weighted by Crippen LogP contribution is -2.18. The molecule has 1 heterocycles. The highest BCUT2D eigenvalue weighted by Gasteiger charge is 2.22. The number of carbonyl (C=O) groups is 2. The number of imidazole rings is 1. The van der Waals surface area contributed by atoms with Crippen molar-refractivity contribution in [3.05, 3.63) is 46.0 Å². The highest BCUT2D eigenvalue weighted by Crippen LogP contribution is 2.24. The van der Waals surface area contributed by atoms with Gasteiger partial charge < -0.3 is 15.4 Å². The Kier molecular flexibility index (Phi) is 3.79. The van der Waals surface area contributed by atoms with E-state index in [1.165, 1.54) is 0 Å². The molecule has 0 saturated heterocycles. The lowest BCUT2D eigenvalue weighted by atomic mass is 10.2. The Bertz CT molecular complexity index is 679. The number of hydrogen-bond donors (Lipinski definition) is 3. The number of aromatic carboxylic acids is 1. The SMILES string of the molecule is O=C(Nc1c(F)cc(Br)cc1F)c1nc[nH]c1C(=O)O. The number of carbonyl (C=O) groups excluding carboxylic acids is 1. The van der Waals surface area contributed by atoms with Gasteiger partial charge in [-0.15, -0.1) is 0 Å². The highest BCUT2D eigenvalue weighted by molar-refractivity contribution is 9.10. The number of nitrogens with zero attached hydrogens (tertiary/aromatic N) is 1. The van der Waals surface area contributed by atoms with E-state index in [0.717, 1.165) is 18.5 Å². The van der Waals surface area contributed by atoms with E-state index in [2.05, 4.69) is 25.9 Å². The molecule has 0 aliphatic heterocycles. The summed E-state index contributed by atoms with van der Waals surface area (Å²) in [5, 5.41) is 10.8. The number of rotatable bonds is 3. The van der Waals surface area contributed by atoms with Crippen molar-refractivity contribution in [2.24, 2.45) is 0 Å². The lowest BCUT2D eigenvalue weighted by molar-refractivity contribution is 0.0686. The molecule has 2 rings (SSSR count). The van der Waals surface area contributed by atoms with Gasteiger partial charge in [0.05, 0.1) is 6.33 Å². The Balaban J connectivity index is 2.33. The number of H-pyrrole nitrogens is 1. The number of carboxylic acid groups (broad SMARTS) is 1. The zero-order valence-electron chi connectivity index (χ0n) is 9.58. The van der Waals surface area contributed by atoms with Gasteiger partial charge in [0.25, 0.3) is 5.91 Å². The second-order valence-electron chi connectivity index (χ2n) is 3.63. The normalized spacial score (nSPS) is 10.3. The Morgan fingerprint density at radius 3 is 2.45 bits per heavy atom. The van der Waals surface area contributed by atoms with Gasteiger partial charge in [0.2, 0.25) is 0 Å². The highest BCUT2D eigenvalue weighted by atomic mass is 79.9. The Morgan fingerprint density at radius 2 is 1.90 bits per heavy atom. The molecule has 0 atom stereocenters. The maximum atomic E-state index is 13.5. The standard InChI is InChI=1S/C11H6BrF2N3O3/c12-4-1-5(13)7(6(14)2-4)17-10(18)8-9(11(19)20)16-3-15-8/h1-3H,(H,15,16)(H,17,18)(H,19,20). The fourth-order valence-electron chi connectivity index (χ4n) is 1.46. The van der Waals surface area contributed by atoms with Crippen molar-refractivity contribution in [2.45, 2.75) is 0 Å². The van der Waals surface area contributed by atoms with Crippen molar-refractivity contribution in [1.29, 1.82) is 0 Å². The first-order valence-corrected chi connectivity index (χ1v) is 5.92. The molecule has 1 aromatic heterocycles. The number of benzene rings is 1. The molecule has 6 nitrogen and oxygen atoms in total. The average molecular weight is 346 g/mol. The van der Waals surface area contributed by atoms with Crippen LogP contribution in [0.25, 0.3) is 0 Å². The third-order valence-electron chi connectivity index (χ3n) is 2.31. The van der Waals surface area contributed by atoms with Crippen LogP contribution in [0, 0.1) is 11.6 Å². The number of nitrogens with one attached hydrogen (secondary N) is 2. The first-order chi connectivity index (χ1) is 9.40. The molecule has 104 valence electrons. The summed E-state index contributed by atoms with van der Waals surface area (Å²) in [5.41, 5.74) is -1.63. The molecular weight excluding hydrogens is 340 g/mol. The minimum absolute atomic E-state index is 0.163. The van der Waals surface area contributed by atoms with E-state index in [-0.39, 0.29) is 4.47 Å². The molecule has 0 aliphatic carbocycles. The molecule has 0 bridgehead atoms. The summed E-state index contributed by atoms with van der Waals surface area (Å²) in [4.78, 5) is 28.4. The Morgan fingerprint density at radius 1 is 1.30 bits per heavy atom. The third-order valence-corrected chi connectivity index (χ3v) is 2.77. The van der Waals surface area contributed by atoms with Gasteiger partial charge in [0, 0.05) is 4.47 Å². The quantitative estimate of drug-likeness (QED) is 0.795. The minimum Gasteiger partial charge on any atom is -0.477 e. The van der Waals surface area contributed by atoms with E-state index in [4.69, 9.17) is 5.11 Å². The fourth-order valence-corrected chi connectivity index (χ4v) is 1.87. The first kappa shape index (κ1) is 14.1. The van der Waals surface area contributed by atoms with Gasteiger partial charge in [-0.2, -0.15) is 0 Å². The Labute approximate surface area is 119 Å². The van der Waals surface area contributed by atoms with Gasteiger partial charge in [-0.25, -0.2) is 18.6 Å². The molecule has 1 amide bonds. The average Bonchev–Trinajstić information content (AvgIpc) is 2.82. The zero-order chi connectivity index (χ0) is 14.9. The molecule has 3 N–H and O–H groups in total. The first-order valence-electron chi connectivity index (χ1n) is 5.12. The van der Waals surface area contributed by atoms with Crippen molar-refractivity contribution in [3.63, 3.8) is 0 Å². The van der Waals surface area contributed by atoms with Gasteiger partial charge in [0.1, 0.15) is 5.69 Å². The van der Waals surface area contributed by atoms with Crippen LogP contribution in [0.1, 0.15) is 21.0 Å². The largest absolute Gasteiger partial charge is 0.477 e. The van der Waals surface area contributed by atoms with Crippen LogP contribution in [0.5, 0.6) is 0 Å². The predicted molar refractivity (Wildman–Crippen MR) is 67.6 cm³/mol. The second-order valence-corrected chi connectivity index (χ2v) is 4.55. The van der Waals surface area contributed by atoms with E-state index in [0.29, 0.717) is 0 Å². The summed E-state index contributed by atoms with van der Waals surface area (Å²) < 4.78 is 27.2. The van der Waals surface area contributed by atoms with Crippen molar-refractivity contribution in [1.82, 2.24) is 9.97 Å². The van der Waals surface area contributed by atoms with Crippen LogP contribution in [0.15, 0.2) is 22.9 Å². The minimum atomic E-state index is -1.41. The van der Waals surface area contributed by atoms with Crippen LogP contribution in [0.2, 0.25) is 0 Å². The number of carboxylic acids is 1. The van der Waals surface area contributed by atoms with Crippen LogP contribution < -0.4 is 5.32 Å². The van der Waals surface area contributed by atoms with Crippen LogP contribution >= 0.6 is 15.9 Å². The topological polar surface area (TPSA) is 95.1 Å². The van der Waals surface area contributed by atoms with E-state index in [9.17, 15) is 18.4 Å². The molecule has 20 heavy (non-hydrogen) atoms. The zero-order valence-corrected chi connectivity index (χ0v) is 11.2. The number of hydrogen-bond acceptors (Lipinski definition) is 3. The molecule has 0 radical (unpaired) electrons. The predicted octanol–water partition coefficient (Wildman–Crippen LogP) is 2.40. The van der Waals surface area contributed by atoms with E-state index < -0.39 is 40.6 Å². The summed E-state index contributed by atoms with van der Waals surface area (Å²) in [6.07, 6.45) is 0.993. The lowest BCUT2D eigenvalue weighted by Gasteiger charge is -2.07. The molecule has 0 spiro atoms. The second kappa shape index (κ2) is 5.37. The van der Waals surface area contributed by atoms with Crippen molar-refractivity contribution < 1.29 is 23.5 Å². The van der Waals surface area contributed by atoms with Gasteiger partial charge in [0.15, 0.2) is 23.0 Å². The van der Waals surface area contributed by atoms with Crippen molar-refractivity contribution >= 4 is 33.5 Å². The van der Waals surface area contributed by atoms with Gasteiger partial charge in [-0.1, -0.05) is 15.9 Å².